The predicted molar refractivity (Wildman–Crippen MR) is 82.7 cm³/mol. The number of non-ortho nitro benzene ring substituents is 1. The Labute approximate surface area is 122 Å². The molecular weight excluding hydrogens is 268 g/mol. The van der Waals surface area contributed by atoms with Crippen molar-refractivity contribution < 1.29 is 4.92 Å². The van der Waals surface area contributed by atoms with Crippen LogP contribution in [0.15, 0.2) is 30.5 Å². The third-order valence-electron chi connectivity index (χ3n) is 4.12. The van der Waals surface area contributed by atoms with Gasteiger partial charge in [0.1, 0.15) is 5.52 Å². The van der Waals surface area contributed by atoms with Crippen LogP contribution in [0.3, 0.4) is 0 Å². The summed E-state index contributed by atoms with van der Waals surface area (Å²) < 4.78 is 0. The Balaban J connectivity index is 2.06. The third-order valence-corrected chi connectivity index (χ3v) is 4.12. The molecule has 1 N–H and O–H groups in total. The van der Waals surface area contributed by atoms with Crippen LogP contribution >= 0.6 is 0 Å². The van der Waals surface area contributed by atoms with Crippen molar-refractivity contribution in [1.29, 1.82) is 0 Å². The van der Waals surface area contributed by atoms with Crippen LogP contribution in [0.5, 0.6) is 0 Å². The summed E-state index contributed by atoms with van der Waals surface area (Å²) in [6.07, 6.45) is 3.88. The molecule has 0 saturated carbocycles. The number of nitrogens with one attached hydrogen (secondary N) is 1. The largest absolute Gasteiger partial charge is 0.370 e. The number of nitro groups is 1. The van der Waals surface area contributed by atoms with Crippen LogP contribution in [0, 0.1) is 10.1 Å². The highest BCUT2D eigenvalue weighted by molar-refractivity contribution is 5.97. The van der Waals surface area contributed by atoms with Gasteiger partial charge < -0.3 is 10.2 Å². The lowest BCUT2D eigenvalue weighted by Gasteiger charge is -2.33. The molecule has 6 nitrogen and oxygen atoms in total. The molecule has 110 valence electrons. The number of nitrogens with zero attached hydrogens (tertiary/aromatic N) is 3. The van der Waals surface area contributed by atoms with Gasteiger partial charge in [-0.3, -0.25) is 10.1 Å². The van der Waals surface area contributed by atoms with E-state index in [2.05, 4.69) is 15.2 Å². The number of rotatable bonds is 3. The fourth-order valence-corrected chi connectivity index (χ4v) is 2.96. The van der Waals surface area contributed by atoms with Crippen LogP contribution in [0.1, 0.15) is 12.8 Å². The standard InChI is InChI=1S/C15H18N4O2/c1-18(11-4-2-8-16-10-11)13-6-7-14(19(20)21)15-12(13)5-3-9-17-15/h3,5-7,9,11,16H,2,4,8,10H2,1H3. The molecule has 1 aliphatic rings. The molecule has 6 heteroatoms. The Morgan fingerprint density at radius 2 is 2.29 bits per heavy atom. The summed E-state index contributed by atoms with van der Waals surface area (Å²) in [6, 6.07) is 7.51. The Kier molecular flexibility index (Phi) is 3.70. The molecule has 1 saturated heterocycles. The Morgan fingerprint density at radius 3 is 3.00 bits per heavy atom. The lowest BCUT2D eigenvalue weighted by atomic mass is 10.0. The van der Waals surface area contributed by atoms with Crippen LogP contribution in [0.25, 0.3) is 10.9 Å². The second-order valence-corrected chi connectivity index (χ2v) is 5.37. The number of fused-ring (bicyclic) bond motifs is 1. The van der Waals surface area contributed by atoms with E-state index in [-0.39, 0.29) is 10.6 Å². The summed E-state index contributed by atoms with van der Waals surface area (Å²) in [5.74, 6) is 0. The molecule has 1 unspecified atom stereocenters. The van der Waals surface area contributed by atoms with E-state index in [1.54, 1.807) is 12.3 Å². The minimum atomic E-state index is -0.374. The summed E-state index contributed by atoms with van der Waals surface area (Å²) in [4.78, 5) is 17.2. The zero-order chi connectivity index (χ0) is 14.8. The third kappa shape index (κ3) is 2.54. The van der Waals surface area contributed by atoms with Crippen LogP contribution in [0.2, 0.25) is 0 Å². The van der Waals surface area contributed by atoms with Crippen molar-refractivity contribution in [2.75, 3.05) is 25.0 Å². The van der Waals surface area contributed by atoms with Crippen molar-refractivity contribution in [3.63, 3.8) is 0 Å². The number of piperidine rings is 1. The second kappa shape index (κ2) is 5.65. The first kappa shape index (κ1) is 13.8. The van der Waals surface area contributed by atoms with Gasteiger partial charge in [-0.25, -0.2) is 4.98 Å². The summed E-state index contributed by atoms with van der Waals surface area (Å²) >= 11 is 0. The average Bonchev–Trinajstić information content (AvgIpc) is 2.54. The smallest absolute Gasteiger partial charge is 0.295 e. The number of aromatic nitrogens is 1. The van der Waals surface area contributed by atoms with E-state index in [1.165, 1.54) is 0 Å². The van der Waals surface area contributed by atoms with E-state index in [9.17, 15) is 10.1 Å². The number of hydrogen-bond acceptors (Lipinski definition) is 5. The number of likely N-dealkylation sites (N-methyl/N-ethyl adjacent to an activating group) is 1. The van der Waals surface area contributed by atoms with E-state index in [1.807, 2.05) is 25.2 Å². The molecule has 1 aromatic carbocycles. The molecule has 0 aliphatic carbocycles. The van der Waals surface area contributed by atoms with E-state index < -0.39 is 0 Å². The van der Waals surface area contributed by atoms with Crippen molar-refractivity contribution in [3.05, 3.63) is 40.6 Å². The van der Waals surface area contributed by atoms with Gasteiger partial charge in [0, 0.05) is 43.0 Å². The molecule has 3 rings (SSSR count). The minimum absolute atomic E-state index is 0.0597. The predicted octanol–water partition coefficient (Wildman–Crippen LogP) is 2.33. The lowest BCUT2D eigenvalue weighted by Crippen LogP contribution is -2.44. The number of nitro benzene ring substituents is 1. The van der Waals surface area contributed by atoms with E-state index in [0.29, 0.717) is 11.6 Å². The van der Waals surface area contributed by atoms with Crippen molar-refractivity contribution in [3.8, 4) is 0 Å². The Morgan fingerprint density at radius 1 is 1.43 bits per heavy atom. The maximum absolute atomic E-state index is 11.1. The van der Waals surface area contributed by atoms with Crippen LogP contribution in [-0.2, 0) is 0 Å². The van der Waals surface area contributed by atoms with E-state index in [4.69, 9.17) is 0 Å². The monoisotopic (exact) mass is 286 g/mol. The summed E-state index contributed by atoms with van der Waals surface area (Å²) in [7, 11) is 2.05. The quantitative estimate of drug-likeness (QED) is 0.692. The molecule has 1 aromatic heterocycles. The zero-order valence-corrected chi connectivity index (χ0v) is 12.0. The summed E-state index contributed by atoms with van der Waals surface area (Å²) in [5, 5.41) is 15.4. The minimum Gasteiger partial charge on any atom is -0.370 e. The molecule has 0 radical (unpaired) electrons. The maximum Gasteiger partial charge on any atom is 0.295 e. The summed E-state index contributed by atoms with van der Waals surface area (Å²) in [5.41, 5.74) is 1.51. The van der Waals surface area contributed by atoms with Crippen LogP contribution in [-0.4, -0.2) is 36.1 Å². The van der Waals surface area contributed by atoms with Gasteiger partial charge in [0.2, 0.25) is 0 Å². The molecule has 21 heavy (non-hydrogen) atoms. The lowest BCUT2D eigenvalue weighted by molar-refractivity contribution is -0.383. The van der Waals surface area contributed by atoms with Crippen molar-refractivity contribution in [2.45, 2.75) is 18.9 Å². The SMILES string of the molecule is CN(c1ccc([N+](=O)[O-])c2ncccc12)C1CCCNC1. The first-order chi connectivity index (χ1) is 10.2. The highest BCUT2D eigenvalue weighted by Gasteiger charge is 2.22. The first-order valence-corrected chi connectivity index (χ1v) is 7.14. The molecule has 2 heterocycles. The molecule has 0 bridgehead atoms. The van der Waals surface area contributed by atoms with E-state index in [0.717, 1.165) is 37.0 Å². The normalized spacial score (nSPS) is 18.6. The molecule has 1 fully saturated rings. The molecular formula is C15H18N4O2. The van der Waals surface area contributed by atoms with Crippen molar-refractivity contribution >= 4 is 22.3 Å². The Hall–Kier alpha value is -2.21. The fraction of sp³-hybridized carbons (Fsp3) is 0.400. The van der Waals surface area contributed by atoms with Gasteiger partial charge in [0.25, 0.3) is 5.69 Å². The van der Waals surface area contributed by atoms with Crippen LogP contribution < -0.4 is 10.2 Å². The maximum atomic E-state index is 11.1. The van der Waals surface area contributed by atoms with Gasteiger partial charge in [-0.05, 0) is 37.6 Å². The van der Waals surface area contributed by atoms with Gasteiger partial charge in [-0.15, -0.1) is 0 Å². The number of hydrogen-bond donors (Lipinski definition) is 1. The average molecular weight is 286 g/mol. The summed E-state index contributed by atoms with van der Waals surface area (Å²) in [6.45, 7) is 2.00. The number of pyridine rings is 1. The fourth-order valence-electron chi connectivity index (χ4n) is 2.96. The Bertz CT molecular complexity index is 668. The number of benzene rings is 1. The van der Waals surface area contributed by atoms with E-state index >= 15 is 0 Å². The molecule has 0 amide bonds. The van der Waals surface area contributed by atoms with Gasteiger partial charge >= 0.3 is 0 Å². The highest BCUT2D eigenvalue weighted by atomic mass is 16.6. The zero-order valence-electron chi connectivity index (χ0n) is 12.0. The molecule has 1 atom stereocenters. The van der Waals surface area contributed by atoms with Crippen molar-refractivity contribution in [1.82, 2.24) is 10.3 Å². The highest BCUT2D eigenvalue weighted by Crippen LogP contribution is 2.32. The van der Waals surface area contributed by atoms with Gasteiger partial charge in [-0.2, -0.15) is 0 Å². The first-order valence-electron chi connectivity index (χ1n) is 7.14. The number of anilines is 1. The van der Waals surface area contributed by atoms with Gasteiger partial charge in [0.15, 0.2) is 0 Å². The molecule has 2 aromatic rings. The topological polar surface area (TPSA) is 71.3 Å². The van der Waals surface area contributed by atoms with Crippen LogP contribution in [0.4, 0.5) is 11.4 Å². The van der Waals surface area contributed by atoms with Gasteiger partial charge in [0.05, 0.1) is 4.92 Å². The molecule has 0 spiro atoms. The van der Waals surface area contributed by atoms with Gasteiger partial charge in [-0.1, -0.05) is 0 Å². The van der Waals surface area contributed by atoms with Crippen molar-refractivity contribution in [2.24, 2.45) is 0 Å². The molecule has 1 aliphatic heterocycles. The second-order valence-electron chi connectivity index (χ2n) is 5.37.